The van der Waals surface area contributed by atoms with Gasteiger partial charge in [-0.3, -0.25) is 4.79 Å². The highest BCUT2D eigenvalue weighted by molar-refractivity contribution is 7.80. The summed E-state index contributed by atoms with van der Waals surface area (Å²) in [7, 11) is 1.83. The molecule has 5 nitrogen and oxygen atoms in total. The van der Waals surface area contributed by atoms with Gasteiger partial charge in [0.25, 0.3) is 5.56 Å². The van der Waals surface area contributed by atoms with Crippen LogP contribution in [0.25, 0.3) is 0 Å². The summed E-state index contributed by atoms with van der Waals surface area (Å²) >= 11 is 4.82. The number of aromatic nitrogens is 2. The molecule has 2 N–H and O–H groups in total. The molecule has 1 aliphatic carbocycles. The van der Waals surface area contributed by atoms with Crippen molar-refractivity contribution in [2.45, 2.75) is 25.3 Å². The quantitative estimate of drug-likeness (QED) is 0.781. The largest absolute Gasteiger partial charge is 0.393 e. The van der Waals surface area contributed by atoms with Gasteiger partial charge in [0.2, 0.25) is 0 Å². The van der Waals surface area contributed by atoms with Crippen LogP contribution in [0.1, 0.15) is 25.3 Å². The fourth-order valence-corrected chi connectivity index (χ4v) is 1.79. The topological polar surface area (TPSA) is 64.2 Å². The van der Waals surface area contributed by atoms with Gasteiger partial charge in [0.1, 0.15) is 0 Å². The Balaban J connectivity index is 2.17. The Morgan fingerprint density at radius 2 is 2.41 bits per heavy atom. The van der Waals surface area contributed by atoms with E-state index in [1.165, 1.54) is 0 Å². The maximum Gasteiger partial charge on any atom is 0.293 e. The van der Waals surface area contributed by atoms with Gasteiger partial charge >= 0.3 is 0 Å². The zero-order valence-electron chi connectivity index (χ0n) is 9.80. The molecule has 0 aliphatic heterocycles. The summed E-state index contributed by atoms with van der Waals surface area (Å²) in [6, 6.07) is 0.369. The number of thiocarbonyl (C=S) groups is 1. The lowest BCUT2D eigenvalue weighted by Gasteiger charge is -2.17. The highest BCUT2D eigenvalue weighted by atomic mass is 32.1. The summed E-state index contributed by atoms with van der Waals surface area (Å²) in [4.78, 5) is 18.5. The third-order valence-electron chi connectivity index (χ3n) is 2.85. The van der Waals surface area contributed by atoms with E-state index in [-0.39, 0.29) is 5.56 Å². The van der Waals surface area contributed by atoms with Crippen molar-refractivity contribution in [3.8, 4) is 0 Å². The molecule has 0 aromatic carbocycles. The molecule has 17 heavy (non-hydrogen) atoms. The minimum Gasteiger partial charge on any atom is -0.393 e. The highest BCUT2D eigenvalue weighted by Crippen LogP contribution is 2.33. The van der Waals surface area contributed by atoms with E-state index in [0.717, 1.165) is 12.8 Å². The van der Waals surface area contributed by atoms with E-state index in [0.29, 0.717) is 29.8 Å². The molecule has 0 atom stereocenters. The van der Waals surface area contributed by atoms with Gasteiger partial charge in [-0.1, -0.05) is 12.2 Å². The Morgan fingerprint density at radius 3 is 3.00 bits per heavy atom. The molecule has 92 valence electrons. The Bertz CT molecular complexity index is 481. The lowest BCUT2D eigenvalue weighted by molar-refractivity contribution is 0.691. The number of nitrogens with zero attached hydrogens (tertiary/aromatic N) is 3. The van der Waals surface area contributed by atoms with Crippen LogP contribution in [0, 0.1) is 0 Å². The van der Waals surface area contributed by atoms with Gasteiger partial charge in [-0.15, -0.1) is 0 Å². The van der Waals surface area contributed by atoms with Crippen LogP contribution < -0.4 is 16.2 Å². The Hall–Kier alpha value is -1.43. The predicted molar refractivity (Wildman–Crippen MR) is 71.4 cm³/mol. The number of hydrogen-bond donors (Lipinski definition) is 1. The van der Waals surface area contributed by atoms with E-state index in [4.69, 9.17) is 18.0 Å². The minimum atomic E-state index is -0.0274. The van der Waals surface area contributed by atoms with Gasteiger partial charge < -0.3 is 15.2 Å². The molecule has 6 heteroatoms. The third kappa shape index (κ3) is 2.82. The molecule has 1 fully saturated rings. The standard InChI is InChI=1S/C11H16N4OS/c1-14(6-4-9(12)17)10-11(16)15(7-5-13-10)8-2-3-8/h5,7-8H,2-4,6H2,1H3,(H2,12,17). The molecule has 0 amide bonds. The predicted octanol–water partition coefficient (Wildman–Crippen LogP) is 0.691. The lowest BCUT2D eigenvalue weighted by atomic mass is 10.4. The fourth-order valence-electron chi connectivity index (χ4n) is 1.70. The summed E-state index contributed by atoms with van der Waals surface area (Å²) in [5, 5.41) is 0. The van der Waals surface area contributed by atoms with E-state index in [2.05, 4.69) is 4.98 Å². The van der Waals surface area contributed by atoms with Gasteiger partial charge in [-0.05, 0) is 12.8 Å². The zero-order chi connectivity index (χ0) is 12.4. The average Bonchev–Trinajstić information content (AvgIpc) is 3.10. The van der Waals surface area contributed by atoms with Crippen LogP contribution in [-0.4, -0.2) is 28.1 Å². The van der Waals surface area contributed by atoms with Gasteiger partial charge in [0, 0.05) is 38.4 Å². The van der Waals surface area contributed by atoms with Crippen molar-refractivity contribution >= 4 is 23.0 Å². The van der Waals surface area contributed by atoms with Crippen LogP contribution >= 0.6 is 12.2 Å². The van der Waals surface area contributed by atoms with Crippen LogP contribution in [0.2, 0.25) is 0 Å². The first-order valence-electron chi connectivity index (χ1n) is 5.66. The van der Waals surface area contributed by atoms with Crippen LogP contribution in [-0.2, 0) is 0 Å². The zero-order valence-corrected chi connectivity index (χ0v) is 10.6. The van der Waals surface area contributed by atoms with E-state index < -0.39 is 0 Å². The summed E-state index contributed by atoms with van der Waals surface area (Å²) in [5.74, 6) is 0.468. The number of rotatable bonds is 5. The van der Waals surface area contributed by atoms with Crippen molar-refractivity contribution in [3.05, 3.63) is 22.7 Å². The van der Waals surface area contributed by atoms with E-state index in [1.807, 2.05) is 7.05 Å². The normalized spacial score (nSPS) is 14.6. The minimum absolute atomic E-state index is 0.0274. The Morgan fingerprint density at radius 1 is 1.71 bits per heavy atom. The van der Waals surface area contributed by atoms with Gasteiger partial charge in [0.05, 0.1) is 4.99 Å². The Kier molecular flexibility index (Phi) is 3.42. The third-order valence-corrected chi connectivity index (χ3v) is 3.05. The number of nitrogens with two attached hydrogens (primary N) is 1. The van der Waals surface area contributed by atoms with Crippen LogP contribution in [0.15, 0.2) is 17.2 Å². The van der Waals surface area contributed by atoms with Crippen LogP contribution in [0.4, 0.5) is 5.82 Å². The molecule has 1 aromatic rings. The van der Waals surface area contributed by atoms with E-state index in [1.54, 1.807) is 21.9 Å². The molecule has 1 saturated carbocycles. The van der Waals surface area contributed by atoms with E-state index >= 15 is 0 Å². The summed E-state index contributed by atoms with van der Waals surface area (Å²) in [5.41, 5.74) is 5.42. The molecule has 2 rings (SSSR count). The molecule has 0 saturated heterocycles. The van der Waals surface area contributed by atoms with Crippen molar-refractivity contribution < 1.29 is 0 Å². The van der Waals surface area contributed by atoms with E-state index in [9.17, 15) is 4.79 Å². The van der Waals surface area contributed by atoms with Gasteiger partial charge in [0.15, 0.2) is 5.82 Å². The summed E-state index contributed by atoms with van der Waals surface area (Å²) in [6.07, 6.45) is 6.18. The highest BCUT2D eigenvalue weighted by Gasteiger charge is 2.25. The first kappa shape index (κ1) is 12.0. The molecule has 0 radical (unpaired) electrons. The smallest absolute Gasteiger partial charge is 0.293 e. The second kappa shape index (κ2) is 4.83. The molecule has 1 heterocycles. The summed E-state index contributed by atoms with van der Waals surface area (Å²) < 4.78 is 1.76. The lowest BCUT2D eigenvalue weighted by Crippen LogP contribution is -2.32. The van der Waals surface area contributed by atoms with Crippen LogP contribution in [0.5, 0.6) is 0 Å². The second-order valence-electron chi connectivity index (χ2n) is 4.33. The van der Waals surface area contributed by atoms with Gasteiger partial charge in [-0.25, -0.2) is 4.98 Å². The van der Waals surface area contributed by atoms with Gasteiger partial charge in [-0.2, -0.15) is 0 Å². The molecule has 0 bridgehead atoms. The molecule has 0 unspecified atom stereocenters. The monoisotopic (exact) mass is 252 g/mol. The number of hydrogen-bond acceptors (Lipinski definition) is 4. The molecular weight excluding hydrogens is 236 g/mol. The maximum absolute atomic E-state index is 12.1. The first-order valence-corrected chi connectivity index (χ1v) is 6.07. The first-order chi connectivity index (χ1) is 8.09. The summed E-state index contributed by atoms with van der Waals surface area (Å²) in [6.45, 7) is 0.617. The fraction of sp³-hybridized carbons (Fsp3) is 0.545. The molecule has 1 aliphatic rings. The van der Waals surface area contributed by atoms with Crippen molar-refractivity contribution in [3.63, 3.8) is 0 Å². The molecule has 1 aromatic heterocycles. The van der Waals surface area contributed by atoms with Crippen molar-refractivity contribution in [2.24, 2.45) is 5.73 Å². The molecule has 0 spiro atoms. The van der Waals surface area contributed by atoms with Crippen molar-refractivity contribution in [1.82, 2.24) is 9.55 Å². The average molecular weight is 252 g/mol. The molecular formula is C11H16N4OS. The maximum atomic E-state index is 12.1. The second-order valence-corrected chi connectivity index (χ2v) is 4.86. The van der Waals surface area contributed by atoms with Crippen LogP contribution in [0.3, 0.4) is 0 Å². The number of anilines is 1. The van der Waals surface area contributed by atoms with Crippen molar-refractivity contribution in [1.29, 1.82) is 0 Å². The Labute approximate surface area is 105 Å². The van der Waals surface area contributed by atoms with Crippen molar-refractivity contribution in [2.75, 3.05) is 18.5 Å². The SMILES string of the molecule is CN(CCC(N)=S)c1nccn(C2CC2)c1=O.